The van der Waals surface area contributed by atoms with Crippen molar-refractivity contribution < 1.29 is 26.7 Å². The van der Waals surface area contributed by atoms with Crippen molar-refractivity contribution in [2.24, 2.45) is 17.8 Å². The largest absolute Gasteiger partial charge is 0.573 e. The molecule has 0 radical (unpaired) electrons. The van der Waals surface area contributed by atoms with Crippen molar-refractivity contribution in [1.82, 2.24) is 0 Å². The minimum absolute atomic E-state index is 0.0118. The van der Waals surface area contributed by atoms with Crippen LogP contribution in [0.3, 0.4) is 0 Å². The van der Waals surface area contributed by atoms with Crippen LogP contribution < -0.4 is 4.74 Å². The van der Waals surface area contributed by atoms with Gasteiger partial charge in [0.05, 0.1) is 0 Å². The monoisotopic (exact) mass is 444 g/mol. The van der Waals surface area contributed by atoms with E-state index in [1.165, 1.54) is 44.9 Å². The van der Waals surface area contributed by atoms with Crippen molar-refractivity contribution >= 4 is 0 Å². The molecule has 0 atom stereocenters. The Morgan fingerprint density at radius 1 is 0.839 bits per heavy atom. The second kappa shape index (κ2) is 10.8. The third-order valence-electron chi connectivity index (χ3n) is 7.21. The molecular formula is C25H33F5O. The molecule has 2 fully saturated rings. The number of hydrogen-bond donors (Lipinski definition) is 0. The van der Waals surface area contributed by atoms with E-state index >= 15 is 0 Å². The maximum atomic E-state index is 14.0. The van der Waals surface area contributed by atoms with Crippen LogP contribution >= 0.6 is 0 Å². The molecule has 0 spiro atoms. The summed E-state index contributed by atoms with van der Waals surface area (Å²) in [5.41, 5.74) is 0.433. The zero-order chi connectivity index (χ0) is 22.4. The normalized spacial score (nSPS) is 27.5. The molecule has 0 aromatic heterocycles. The van der Waals surface area contributed by atoms with E-state index in [2.05, 4.69) is 23.8 Å². The van der Waals surface area contributed by atoms with Crippen molar-refractivity contribution in [2.45, 2.75) is 89.8 Å². The lowest BCUT2D eigenvalue weighted by molar-refractivity contribution is -0.276. The summed E-state index contributed by atoms with van der Waals surface area (Å²) in [5.74, 6) is -1.66. The molecule has 2 aliphatic rings. The van der Waals surface area contributed by atoms with E-state index in [0.717, 1.165) is 49.7 Å². The number of hydrogen-bond acceptors (Lipinski definition) is 1. The first-order chi connectivity index (χ1) is 14.7. The predicted molar refractivity (Wildman–Crippen MR) is 112 cm³/mol. The molecule has 2 saturated carbocycles. The van der Waals surface area contributed by atoms with Gasteiger partial charge in [-0.15, -0.1) is 13.2 Å². The Balaban J connectivity index is 1.44. The van der Waals surface area contributed by atoms with Gasteiger partial charge in [0.15, 0.2) is 11.6 Å². The van der Waals surface area contributed by atoms with Gasteiger partial charge in [-0.3, -0.25) is 0 Å². The Morgan fingerprint density at radius 3 is 1.81 bits per heavy atom. The lowest BCUT2D eigenvalue weighted by atomic mass is 9.74. The standard InChI is InChI=1S/C25H33F5O/c1-2-3-4-17-5-7-18(8-6-17)9-10-19-11-13-20(14-12-19)21-15-22(26)24(23(27)16-21)31-25(28,29)30/h2-3,15-20H,4-14H2,1H3. The fourth-order valence-corrected chi connectivity index (χ4v) is 5.37. The first kappa shape index (κ1) is 24.1. The van der Waals surface area contributed by atoms with Gasteiger partial charge in [0, 0.05) is 0 Å². The van der Waals surface area contributed by atoms with Crippen LogP contribution in [-0.4, -0.2) is 6.36 Å². The third kappa shape index (κ3) is 7.21. The molecule has 2 aliphatic carbocycles. The van der Waals surface area contributed by atoms with Gasteiger partial charge in [-0.2, -0.15) is 0 Å². The van der Waals surface area contributed by atoms with Crippen LogP contribution in [-0.2, 0) is 0 Å². The lowest BCUT2D eigenvalue weighted by Gasteiger charge is -2.32. The Labute approximate surface area is 182 Å². The van der Waals surface area contributed by atoms with E-state index < -0.39 is 23.7 Å². The highest BCUT2D eigenvalue weighted by atomic mass is 19.4. The fourth-order valence-electron chi connectivity index (χ4n) is 5.37. The van der Waals surface area contributed by atoms with Crippen LogP contribution in [0.2, 0.25) is 0 Å². The second-order valence-corrected chi connectivity index (χ2v) is 9.35. The van der Waals surface area contributed by atoms with Crippen molar-refractivity contribution in [1.29, 1.82) is 0 Å². The summed E-state index contributed by atoms with van der Waals surface area (Å²) in [6.07, 6.45) is 11.9. The molecule has 0 N–H and O–H groups in total. The summed E-state index contributed by atoms with van der Waals surface area (Å²) in [6.45, 7) is 2.07. The van der Waals surface area contributed by atoms with E-state index in [4.69, 9.17) is 0 Å². The van der Waals surface area contributed by atoms with Gasteiger partial charge in [0.25, 0.3) is 0 Å². The average molecular weight is 445 g/mol. The summed E-state index contributed by atoms with van der Waals surface area (Å²) in [4.78, 5) is 0. The van der Waals surface area contributed by atoms with Crippen LogP contribution in [0.15, 0.2) is 24.3 Å². The SMILES string of the molecule is CC=CCC1CCC(CCC2CCC(c3cc(F)c(OC(F)(F)F)c(F)c3)CC2)CC1. The van der Waals surface area contributed by atoms with E-state index in [1.54, 1.807) is 0 Å². The molecule has 31 heavy (non-hydrogen) atoms. The van der Waals surface area contributed by atoms with Gasteiger partial charge in [0.2, 0.25) is 5.75 Å². The Bertz CT molecular complexity index is 703. The maximum Gasteiger partial charge on any atom is 0.573 e. The molecule has 0 bridgehead atoms. The molecular weight excluding hydrogens is 411 g/mol. The Hall–Kier alpha value is -1.59. The van der Waals surface area contributed by atoms with Crippen molar-refractivity contribution in [3.63, 3.8) is 0 Å². The Kier molecular flexibility index (Phi) is 8.40. The van der Waals surface area contributed by atoms with Gasteiger partial charge in [-0.1, -0.05) is 37.8 Å². The van der Waals surface area contributed by atoms with Gasteiger partial charge < -0.3 is 4.74 Å². The summed E-state index contributed by atoms with van der Waals surface area (Å²) in [7, 11) is 0. The molecule has 174 valence electrons. The van der Waals surface area contributed by atoms with Crippen LogP contribution in [0.4, 0.5) is 22.0 Å². The quantitative estimate of drug-likeness (QED) is 0.302. The first-order valence-corrected chi connectivity index (χ1v) is 11.6. The van der Waals surface area contributed by atoms with Crippen LogP contribution in [0, 0.1) is 29.4 Å². The van der Waals surface area contributed by atoms with Crippen molar-refractivity contribution in [3.05, 3.63) is 41.5 Å². The van der Waals surface area contributed by atoms with Gasteiger partial charge in [-0.05, 0) is 93.2 Å². The van der Waals surface area contributed by atoms with E-state index in [0.29, 0.717) is 11.5 Å². The van der Waals surface area contributed by atoms with Gasteiger partial charge in [-0.25, -0.2) is 8.78 Å². The highest BCUT2D eigenvalue weighted by Crippen LogP contribution is 2.41. The van der Waals surface area contributed by atoms with Gasteiger partial charge in [0.1, 0.15) is 0 Å². The Morgan fingerprint density at radius 2 is 1.32 bits per heavy atom. The number of rotatable bonds is 7. The third-order valence-corrected chi connectivity index (χ3v) is 7.21. The number of ether oxygens (including phenoxy) is 1. The smallest absolute Gasteiger partial charge is 0.399 e. The first-order valence-electron chi connectivity index (χ1n) is 11.6. The van der Waals surface area contributed by atoms with Crippen LogP contribution in [0.5, 0.6) is 5.75 Å². The molecule has 1 aromatic rings. The molecule has 0 unspecified atom stereocenters. The minimum atomic E-state index is -5.12. The summed E-state index contributed by atoms with van der Waals surface area (Å²) < 4.78 is 68.5. The molecule has 1 aromatic carbocycles. The molecule has 0 saturated heterocycles. The highest BCUT2D eigenvalue weighted by molar-refractivity contribution is 5.33. The number of benzene rings is 1. The molecule has 0 aliphatic heterocycles. The molecule has 0 amide bonds. The zero-order valence-electron chi connectivity index (χ0n) is 18.2. The minimum Gasteiger partial charge on any atom is -0.399 e. The average Bonchev–Trinajstić information content (AvgIpc) is 2.73. The number of alkyl halides is 3. The number of allylic oxidation sites excluding steroid dienone is 2. The predicted octanol–water partition coefficient (Wildman–Crippen LogP) is 8.69. The topological polar surface area (TPSA) is 9.23 Å². The number of halogens is 5. The summed E-state index contributed by atoms with van der Waals surface area (Å²) >= 11 is 0. The van der Waals surface area contributed by atoms with Crippen molar-refractivity contribution in [2.75, 3.05) is 0 Å². The summed E-state index contributed by atoms with van der Waals surface area (Å²) in [5, 5.41) is 0. The van der Waals surface area contributed by atoms with E-state index in [9.17, 15) is 22.0 Å². The molecule has 6 heteroatoms. The molecule has 1 nitrogen and oxygen atoms in total. The molecule has 3 rings (SSSR count). The lowest BCUT2D eigenvalue weighted by Crippen LogP contribution is -2.20. The van der Waals surface area contributed by atoms with Gasteiger partial charge >= 0.3 is 6.36 Å². The van der Waals surface area contributed by atoms with Crippen LogP contribution in [0.1, 0.15) is 89.0 Å². The van der Waals surface area contributed by atoms with E-state index in [1.807, 2.05) is 0 Å². The van der Waals surface area contributed by atoms with Crippen molar-refractivity contribution in [3.8, 4) is 5.75 Å². The second-order valence-electron chi connectivity index (χ2n) is 9.35. The molecule has 0 heterocycles. The highest BCUT2D eigenvalue weighted by Gasteiger charge is 2.35. The van der Waals surface area contributed by atoms with E-state index in [-0.39, 0.29) is 5.92 Å². The van der Waals surface area contributed by atoms with Crippen LogP contribution in [0.25, 0.3) is 0 Å². The fraction of sp³-hybridized carbons (Fsp3) is 0.680. The maximum absolute atomic E-state index is 14.0. The zero-order valence-corrected chi connectivity index (χ0v) is 18.2. The summed E-state index contributed by atoms with van der Waals surface area (Å²) in [6, 6.07) is 2.00.